The minimum Gasteiger partial charge on any atom is -0.444 e. The predicted molar refractivity (Wildman–Crippen MR) is 121 cm³/mol. The van der Waals surface area contributed by atoms with Crippen molar-refractivity contribution in [1.82, 2.24) is 14.9 Å². The molecule has 11 heteroatoms. The molecule has 176 valence electrons. The molecule has 2 N–H and O–H groups in total. The van der Waals surface area contributed by atoms with E-state index in [9.17, 15) is 22.8 Å². The summed E-state index contributed by atoms with van der Waals surface area (Å²) in [6.45, 7) is 0.807. The summed E-state index contributed by atoms with van der Waals surface area (Å²) in [6, 6.07) is 11.1. The number of esters is 1. The fraction of sp³-hybridized carbons (Fsp3) is 0.318. The highest BCUT2D eigenvalue weighted by Crippen LogP contribution is 2.27. The van der Waals surface area contributed by atoms with Crippen LogP contribution in [0.5, 0.6) is 0 Å². The molecule has 3 amide bonds. The zero-order valence-corrected chi connectivity index (χ0v) is 19.5. The van der Waals surface area contributed by atoms with Crippen LogP contribution in [0.1, 0.15) is 41.3 Å². The molecule has 0 radical (unpaired) electrons. The van der Waals surface area contributed by atoms with Gasteiger partial charge in [0.05, 0.1) is 15.5 Å². The molecule has 0 aliphatic carbocycles. The Balaban J connectivity index is 1.90. The number of halogens is 1. The number of carbonyl (C=O) groups excluding carboxylic acids is 3. The Morgan fingerprint density at radius 2 is 1.70 bits per heavy atom. The molecule has 0 saturated carbocycles. The lowest BCUT2D eigenvalue weighted by molar-refractivity contribution is -0.129. The summed E-state index contributed by atoms with van der Waals surface area (Å²) in [7, 11) is -2.48. The van der Waals surface area contributed by atoms with Crippen molar-refractivity contribution in [2.24, 2.45) is 0 Å². The quantitative estimate of drug-likeness (QED) is 0.597. The molecular formula is C22H24ClN3O6S. The number of carbonyl (C=O) groups is 3. The summed E-state index contributed by atoms with van der Waals surface area (Å²) in [5.74, 6) is -1.88. The zero-order valence-electron chi connectivity index (χ0n) is 17.9. The third-order valence-corrected chi connectivity index (χ3v) is 7.36. The first kappa shape index (κ1) is 24.7. The summed E-state index contributed by atoms with van der Waals surface area (Å²) in [5, 5.41) is 4.29. The van der Waals surface area contributed by atoms with Crippen LogP contribution in [0, 0.1) is 0 Å². The number of hydrogen-bond acceptors (Lipinski definition) is 6. The van der Waals surface area contributed by atoms with Crippen molar-refractivity contribution in [2.75, 3.05) is 20.1 Å². The van der Waals surface area contributed by atoms with Gasteiger partial charge in [0, 0.05) is 25.7 Å². The second-order valence-electron chi connectivity index (χ2n) is 7.37. The van der Waals surface area contributed by atoms with Crippen LogP contribution >= 0.6 is 11.6 Å². The number of ether oxygens (including phenoxy) is 1. The van der Waals surface area contributed by atoms with E-state index in [2.05, 4.69) is 10.6 Å². The molecule has 9 nitrogen and oxygen atoms in total. The third kappa shape index (κ3) is 5.89. The number of nitrogens with one attached hydrogen (secondary N) is 2. The number of sulfonamides is 1. The standard InChI is InChI=1S/C22H24ClN3O6S/c1-24-22(29)25-20(27)19(15-8-4-2-5-9-15)32-21(28)17-14-16(10-11-18(17)23)33(30,31)26-12-6-3-7-13-26/h2,4-5,8-11,14,19H,3,6-7,12-13H2,1H3,(H2,24,25,27,29)/t19-/m1/s1. The van der Waals surface area contributed by atoms with Crippen molar-refractivity contribution in [3.63, 3.8) is 0 Å². The van der Waals surface area contributed by atoms with E-state index in [4.69, 9.17) is 16.3 Å². The minimum atomic E-state index is -3.82. The van der Waals surface area contributed by atoms with Gasteiger partial charge >= 0.3 is 12.0 Å². The van der Waals surface area contributed by atoms with Gasteiger partial charge in [-0.15, -0.1) is 0 Å². The molecule has 1 aliphatic rings. The lowest BCUT2D eigenvalue weighted by Crippen LogP contribution is -2.41. The average Bonchev–Trinajstić information content (AvgIpc) is 2.83. The fourth-order valence-electron chi connectivity index (χ4n) is 3.39. The first-order chi connectivity index (χ1) is 15.7. The van der Waals surface area contributed by atoms with Gasteiger partial charge in [0.1, 0.15) is 0 Å². The van der Waals surface area contributed by atoms with Gasteiger partial charge in [0.15, 0.2) is 0 Å². The average molecular weight is 494 g/mol. The molecule has 0 aromatic heterocycles. The van der Waals surface area contributed by atoms with Gasteiger partial charge in [0.25, 0.3) is 5.91 Å². The number of benzene rings is 2. The fourth-order valence-corrected chi connectivity index (χ4v) is 5.13. The number of hydrogen-bond donors (Lipinski definition) is 2. The number of amides is 3. The predicted octanol–water partition coefficient (Wildman–Crippen LogP) is 2.87. The van der Waals surface area contributed by atoms with Crippen LogP contribution in [0.2, 0.25) is 5.02 Å². The summed E-state index contributed by atoms with van der Waals surface area (Å²) in [4.78, 5) is 37.1. The van der Waals surface area contributed by atoms with Gasteiger partial charge in [0.2, 0.25) is 16.1 Å². The maximum atomic E-state index is 13.0. The Kier molecular flexibility index (Phi) is 8.06. The van der Waals surface area contributed by atoms with Crippen LogP contribution in [-0.2, 0) is 19.6 Å². The number of nitrogens with zero attached hydrogens (tertiary/aromatic N) is 1. The van der Waals surface area contributed by atoms with Crippen molar-refractivity contribution in [3.8, 4) is 0 Å². The van der Waals surface area contributed by atoms with E-state index in [0.717, 1.165) is 25.3 Å². The Hall–Kier alpha value is -2.95. The lowest BCUT2D eigenvalue weighted by Gasteiger charge is -2.26. The molecule has 0 spiro atoms. The Morgan fingerprint density at radius 3 is 2.33 bits per heavy atom. The first-order valence-corrected chi connectivity index (χ1v) is 12.1. The first-order valence-electron chi connectivity index (χ1n) is 10.3. The Labute approximate surface area is 197 Å². The van der Waals surface area contributed by atoms with Gasteiger partial charge in [-0.05, 0) is 31.0 Å². The normalized spacial score (nSPS) is 15.3. The molecule has 1 atom stereocenters. The van der Waals surface area contributed by atoms with Crippen LogP contribution in [-0.4, -0.2) is 50.8 Å². The Morgan fingerprint density at radius 1 is 1.03 bits per heavy atom. The van der Waals surface area contributed by atoms with E-state index < -0.39 is 34.0 Å². The zero-order chi connectivity index (χ0) is 24.0. The number of urea groups is 1. The maximum Gasteiger partial charge on any atom is 0.340 e. The van der Waals surface area contributed by atoms with Gasteiger partial charge in [-0.25, -0.2) is 18.0 Å². The number of rotatable bonds is 6. The van der Waals surface area contributed by atoms with Crippen molar-refractivity contribution in [1.29, 1.82) is 0 Å². The summed E-state index contributed by atoms with van der Waals surface area (Å²) in [5.41, 5.74) is 0.115. The third-order valence-electron chi connectivity index (χ3n) is 5.14. The summed E-state index contributed by atoms with van der Waals surface area (Å²) in [6.07, 6.45) is 1.03. The van der Waals surface area contributed by atoms with E-state index in [-0.39, 0.29) is 15.5 Å². The lowest BCUT2D eigenvalue weighted by atomic mass is 10.1. The van der Waals surface area contributed by atoms with Crippen molar-refractivity contribution >= 4 is 39.5 Å². The van der Waals surface area contributed by atoms with Crippen LogP contribution in [0.25, 0.3) is 0 Å². The molecule has 0 unspecified atom stereocenters. The molecule has 2 aromatic carbocycles. The van der Waals surface area contributed by atoms with Gasteiger partial charge in [-0.3, -0.25) is 10.1 Å². The maximum absolute atomic E-state index is 13.0. The van der Waals surface area contributed by atoms with Gasteiger partial charge in [-0.1, -0.05) is 48.4 Å². The number of piperidine rings is 1. The van der Waals surface area contributed by atoms with Crippen molar-refractivity contribution in [3.05, 3.63) is 64.7 Å². The molecule has 0 bridgehead atoms. The van der Waals surface area contributed by atoms with Crippen LogP contribution < -0.4 is 10.6 Å². The molecule has 1 saturated heterocycles. The molecular weight excluding hydrogens is 470 g/mol. The van der Waals surface area contributed by atoms with Crippen molar-refractivity contribution in [2.45, 2.75) is 30.3 Å². The monoisotopic (exact) mass is 493 g/mol. The molecule has 1 fully saturated rings. The summed E-state index contributed by atoms with van der Waals surface area (Å²) >= 11 is 6.17. The van der Waals surface area contributed by atoms with E-state index in [0.29, 0.717) is 18.7 Å². The van der Waals surface area contributed by atoms with Crippen LogP contribution in [0.3, 0.4) is 0 Å². The van der Waals surface area contributed by atoms with Gasteiger partial charge in [-0.2, -0.15) is 4.31 Å². The van der Waals surface area contributed by atoms with E-state index in [1.165, 1.54) is 23.5 Å². The highest BCUT2D eigenvalue weighted by Gasteiger charge is 2.30. The molecule has 2 aromatic rings. The second-order valence-corrected chi connectivity index (χ2v) is 9.72. The highest BCUT2D eigenvalue weighted by atomic mass is 35.5. The smallest absolute Gasteiger partial charge is 0.340 e. The molecule has 1 heterocycles. The van der Waals surface area contributed by atoms with E-state index in [1.54, 1.807) is 30.3 Å². The summed E-state index contributed by atoms with van der Waals surface area (Å²) < 4.78 is 32.8. The van der Waals surface area contributed by atoms with E-state index >= 15 is 0 Å². The van der Waals surface area contributed by atoms with Crippen LogP contribution in [0.15, 0.2) is 53.4 Å². The van der Waals surface area contributed by atoms with Crippen molar-refractivity contribution < 1.29 is 27.5 Å². The van der Waals surface area contributed by atoms with Gasteiger partial charge < -0.3 is 10.1 Å². The second kappa shape index (κ2) is 10.8. The molecule has 3 rings (SSSR count). The van der Waals surface area contributed by atoms with E-state index in [1.807, 2.05) is 0 Å². The topological polar surface area (TPSA) is 122 Å². The SMILES string of the molecule is CNC(=O)NC(=O)[C@H](OC(=O)c1cc(S(=O)(=O)N2CCCCC2)ccc1Cl)c1ccccc1. The Bertz CT molecular complexity index is 1130. The minimum absolute atomic E-state index is 0.0314. The van der Waals surface area contributed by atoms with Crippen LogP contribution in [0.4, 0.5) is 4.79 Å². The molecule has 1 aliphatic heterocycles. The molecule has 33 heavy (non-hydrogen) atoms. The largest absolute Gasteiger partial charge is 0.444 e. The number of imide groups is 1. The highest BCUT2D eigenvalue weighted by molar-refractivity contribution is 7.89.